The number of para-hydroxylation sites is 2. The zero-order chi connectivity index (χ0) is 64.1. The Kier molecular flexibility index (Phi) is 19.3. The first-order valence-electron chi connectivity index (χ1n) is 33.8. The van der Waals surface area contributed by atoms with Gasteiger partial charge in [0, 0.05) is 134 Å². The third kappa shape index (κ3) is 14.4. The summed E-state index contributed by atoms with van der Waals surface area (Å²) < 4.78 is 26.3. The van der Waals surface area contributed by atoms with Crippen molar-refractivity contribution in [2.45, 2.75) is 166 Å². The maximum Gasteiger partial charge on any atom is 0.410 e. The summed E-state index contributed by atoms with van der Waals surface area (Å²) in [7, 11) is 0. The zero-order valence-electron chi connectivity index (χ0n) is 53.5. The summed E-state index contributed by atoms with van der Waals surface area (Å²) in [5, 5.41) is 27.9. The molecule has 494 valence electrons. The van der Waals surface area contributed by atoms with Gasteiger partial charge in [0.25, 0.3) is 11.8 Å². The number of H-pyrrole nitrogens is 2. The number of hydrogen-bond acceptors (Lipinski definition) is 14. The van der Waals surface area contributed by atoms with Crippen LogP contribution in [0.5, 0.6) is 0 Å². The van der Waals surface area contributed by atoms with Crippen molar-refractivity contribution in [2.24, 2.45) is 0 Å². The number of benzene rings is 4. The Balaban J connectivity index is 0.000000169. The van der Waals surface area contributed by atoms with E-state index in [1.54, 1.807) is 20.8 Å². The molecule has 2 saturated carbocycles. The molecule has 0 radical (unpaired) electrons. The highest BCUT2D eigenvalue weighted by molar-refractivity contribution is 5.93. The van der Waals surface area contributed by atoms with Crippen molar-refractivity contribution in [1.29, 1.82) is 0 Å². The Hall–Kier alpha value is -8.45. The Labute approximate surface area is 541 Å². The van der Waals surface area contributed by atoms with Gasteiger partial charge in [-0.25, -0.2) is 23.6 Å². The van der Waals surface area contributed by atoms with Crippen molar-refractivity contribution in [3.63, 3.8) is 0 Å². The van der Waals surface area contributed by atoms with E-state index in [1.807, 2.05) is 83.1 Å². The predicted octanol–water partition coefficient (Wildman–Crippen LogP) is 8.75. The second kappa shape index (κ2) is 28.4. The molecule has 2 aromatic heterocycles. The number of ether oxygens (including phenoxy) is 2. The number of fused-ring (bicyclic) bond motifs is 4. The summed E-state index contributed by atoms with van der Waals surface area (Å²) in [6.45, 7) is 12.3. The number of carbonyl (C=O) groups is 6. The standard InChI is InChI=1S/C34H43FN8O4.C34H44N8O4/c1-22-18-23(19-28-30(22)38-39-37-28)20-29(32(44)41-16-14-40(15-17-41)25-7-3-2-4-8-25)47-34(46)42-12-10-26(11-13-42)43-21-24-6-5-9-27(35)31(24)36-33(43)45;1-23-19-24(20-29-31(23)37-38-36-29)21-30(32(43)40-17-15-39(16-18-40)26-8-3-2-4-9-26)46-34(45)41-13-11-27(12-14-41)42-22-25-7-5-6-10-28(25)35-33(42)44/h5-6,9,18-19,25-26,29H,2-4,7-8,10-17,20-21H2,1H3,(H,36,45)(H,37,38,39);5-7,10,19-20,26-27,30H,2-4,8-9,11-18,21-22H2,1H3,(H,35,44)(H,36,37,38). The van der Waals surface area contributed by atoms with Gasteiger partial charge in [-0.05, 0) is 123 Å². The lowest BCUT2D eigenvalue weighted by atomic mass is 9.94. The molecule has 0 bridgehead atoms. The van der Waals surface area contributed by atoms with Crippen LogP contribution in [-0.4, -0.2) is 221 Å². The number of anilines is 2. The summed E-state index contributed by atoms with van der Waals surface area (Å²) in [6.07, 6.45) is 12.6. The number of halogens is 1. The first-order chi connectivity index (χ1) is 45.3. The van der Waals surface area contributed by atoms with Crippen LogP contribution in [0, 0.1) is 19.7 Å². The maximum absolute atomic E-state index is 14.2. The van der Waals surface area contributed by atoms with Gasteiger partial charge < -0.3 is 49.5 Å². The molecule has 6 aliphatic heterocycles. The first kappa shape index (κ1) is 63.3. The molecule has 6 aromatic rings. The van der Waals surface area contributed by atoms with E-state index >= 15 is 0 Å². The van der Waals surface area contributed by atoms with Gasteiger partial charge >= 0.3 is 24.2 Å². The zero-order valence-corrected chi connectivity index (χ0v) is 53.5. The predicted molar refractivity (Wildman–Crippen MR) is 346 cm³/mol. The fourth-order valence-corrected chi connectivity index (χ4v) is 15.5. The van der Waals surface area contributed by atoms with Gasteiger partial charge in [0.15, 0.2) is 12.2 Å². The monoisotopic (exact) mass is 1270 g/mol. The minimum Gasteiger partial charge on any atom is -0.436 e. The molecule has 8 aliphatic rings. The summed E-state index contributed by atoms with van der Waals surface area (Å²) >= 11 is 0. The third-order valence-corrected chi connectivity index (χ3v) is 20.8. The molecular formula is C68H87FN16O8. The number of hydrogen-bond donors (Lipinski definition) is 4. The molecule has 2 aliphatic carbocycles. The molecule has 4 saturated heterocycles. The van der Waals surface area contributed by atoms with E-state index in [0.717, 1.165) is 81.8 Å². The van der Waals surface area contributed by atoms with Crippen LogP contribution >= 0.6 is 0 Å². The Morgan fingerprint density at radius 3 is 1.42 bits per heavy atom. The van der Waals surface area contributed by atoms with Crippen molar-refractivity contribution in [3.8, 4) is 0 Å². The fourth-order valence-electron chi connectivity index (χ4n) is 15.5. The van der Waals surface area contributed by atoms with Gasteiger partial charge in [-0.1, -0.05) is 81.0 Å². The number of amides is 8. The van der Waals surface area contributed by atoms with Gasteiger partial charge in [-0.3, -0.25) is 19.4 Å². The normalized spacial score (nSPS) is 20.7. The van der Waals surface area contributed by atoms with Gasteiger partial charge in [0.2, 0.25) is 0 Å². The van der Waals surface area contributed by atoms with Crippen LogP contribution in [0.3, 0.4) is 0 Å². The molecule has 8 heterocycles. The molecule has 8 amide bonds. The number of carbonyl (C=O) groups excluding carboxylic acids is 6. The average molecular weight is 1280 g/mol. The molecular weight excluding hydrogens is 1190 g/mol. The van der Waals surface area contributed by atoms with Crippen LogP contribution in [0.1, 0.15) is 123 Å². The lowest BCUT2D eigenvalue weighted by Gasteiger charge is -2.42. The van der Waals surface area contributed by atoms with Gasteiger partial charge in [-0.2, -0.15) is 30.8 Å². The minimum absolute atomic E-state index is 0.0208. The molecule has 93 heavy (non-hydrogen) atoms. The highest BCUT2D eigenvalue weighted by Gasteiger charge is 2.40. The topological polar surface area (TPSA) is 254 Å². The molecule has 2 unspecified atom stereocenters. The van der Waals surface area contributed by atoms with E-state index < -0.39 is 30.2 Å². The number of rotatable bonds is 12. The largest absolute Gasteiger partial charge is 0.436 e. The number of nitrogens with one attached hydrogen (secondary N) is 4. The van der Waals surface area contributed by atoms with E-state index in [4.69, 9.17) is 9.47 Å². The highest BCUT2D eigenvalue weighted by Crippen LogP contribution is 2.33. The Morgan fingerprint density at radius 2 is 0.935 bits per heavy atom. The van der Waals surface area contributed by atoms with Crippen LogP contribution in [0.2, 0.25) is 0 Å². The van der Waals surface area contributed by atoms with Gasteiger partial charge in [-0.15, -0.1) is 0 Å². The fraction of sp³-hybridized carbons (Fsp3) is 0.559. The van der Waals surface area contributed by atoms with Crippen LogP contribution < -0.4 is 10.6 Å². The quantitative estimate of drug-likeness (QED) is 0.0894. The summed E-state index contributed by atoms with van der Waals surface area (Å²) in [5.74, 6) is -0.766. The number of aryl methyl sites for hydroxylation is 2. The maximum atomic E-state index is 14.2. The van der Waals surface area contributed by atoms with Gasteiger partial charge in [0.05, 0.1) is 5.69 Å². The summed E-state index contributed by atoms with van der Waals surface area (Å²) in [6, 6.07) is 21.1. The van der Waals surface area contributed by atoms with E-state index in [9.17, 15) is 33.2 Å². The average Bonchev–Trinajstić information content (AvgIpc) is 1.38. The van der Waals surface area contributed by atoms with Crippen LogP contribution in [-0.2, 0) is 45.0 Å². The van der Waals surface area contributed by atoms with Crippen molar-refractivity contribution in [3.05, 3.63) is 106 Å². The first-order valence-corrected chi connectivity index (χ1v) is 33.8. The molecule has 24 nitrogen and oxygen atoms in total. The molecule has 4 aromatic carbocycles. The Morgan fingerprint density at radius 1 is 0.495 bits per heavy atom. The number of piperidine rings is 2. The van der Waals surface area contributed by atoms with E-state index in [1.165, 1.54) is 70.3 Å². The van der Waals surface area contributed by atoms with Crippen molar-refractivity contribution >= 4 is 69.5 Å². The second-order valence-electron chi connectivity index (χ2n) is 26.7. The third-order valence-electron chi connectivity index (χ3n) is 20.8. The molecule has 25 heteroatoms. The minimum atomic E-state index is -0.982. The van der Waals surface area contributed by atoms with Crippen molar-refractivity contribution in [2.75, 3.05) is 89.2 Å². The van der Waals surface area contributed by atoms with E-state index in [-0.39, 0.29) is 54.5 Å². The van der Waals surface area contributed by atoms with Crippen molar-refractivity contribution < 1.29 is 42.6 Å². The number of urea groups is 2. The molecule has 6 fully saturated rings. The van der Waals surface area contributed by atoms with Crippen LogP contribution in [0.15, 0.2) is 66.7 Å². The highest BCUT2D eigenvalue weighted by atomic mass is 19.1. The Bertz CT molecular complexity index is 3670. The molecule has 0 spiro atoms. The SMILES string of the molecule is Cc1cc(CC(OC(=O)N2CCC(N3Cc4cccc(F)c4NC3=O)CC2)C(=O)N2CCN(C3CCCCC3)CC2)cc2n[nH]nc12.Cc1cc(CC(OC(=O)N2CCC(N3Cc4ccccc4NC3=O)CC2)C(=O)N2CCN(C3CCCCC3)CC2)cc2n[nH]nc12. The van der Waals surface area contributed by atoms with Crippen LogP contribution in [0.25, 0.3) is 22.1 Å². The number of nitrogens with zero attached hydrogens (tertiary/aromatic N) is 12. The number of aromatic nitrogens is 6. The summed E-state index contributed by atoms with van der Waals surface area (Å²) in [4.78, 5) is 96.6. The number of piperazine rings is 2. The van der Waals surface area contributed by atoms with Crippen molar-refractivity contribution in [1.82, 2.24) is 70.0 Å². The van der Waals surface area contributed by atoms with E-state index in [2.05, 4.69) is 51.3 Å². The molecule has 4 N–H and O–H groups in total. The summed E-state index contributed by atoms with van der Waals surface area (Å²) in [5.41, 5.74) is 9.49. The number of aromatic amines is 2. The molecule has 2 atom stereocenters. The lowest BCUT2D eigenvalue weighted by molar-refractivity contribution is -0.143. The second-order valence-corrected chi connectivity index (χ2v) is 26.7. The smallest absolute Gasteiger partial charge is 0.410 e. The van der Waals surface area contributed by atoms with Crippen LogP contribution in [0.4, 0.5) is 34.9 Å². The van der Waals surface area contributed by atoms with Gasteiger partial charge in [0.1, 0.15) is 27.9 Å². The molecule has 14 rings (SSSR count). The van der Waals surface area contributed by atoms with E-state index in [0.29, 0.717) is 109 Å². The number of likely N-dealkylation sites (tertiary alicyclic amines) is 2. The lowest BCUT2D eigenvalue weighted by Crippen LogP contribution is -2.55.